The molecule has 2 aromatic rings. The van der Waals surface area contributed by atoms with Crippen molar-refractivity contribution in [3.8, 4) is 0 Å². The van der Waals surface area contributed by atoms with E-state index in [0.717, 1.165) is 10.0 Å². The summed E-state index contributed by atoms with van der Waals surface area (Å²) in [6, 6.07) is 13.6. The van der Waals surface area contributed by atoms with E-state index < -0.39 is 11.6 Å². The van der Waals surface area contributed by atoms with Crippen LogP contribution in [0.1, 0.15) is 38.8 Å². The lowest BCUT2D eigenvalue weighted by molar-refractivity contribution is -0.139. The van der Waals surface area contributed by atoms with Gasteiger partial charge in [-0.15, -0.1) is 11.8 Å². The zero-order valence-electron chi connectivity index (χ0n) is 17.7. The molecule has 0 heterocycles. The Balaban J connectivity index is 2.10. The molecular formula is C23H28BrFN2O2S. The molecule has 0 aliphatic carbocycles. The average Bonchev–Trinajstić information content (AvgIpc) is 2.67. The van der Waals surface area contributed by atoms with Gasteiger partial charge in [0.05, 0.1) is 5.75 Å². The Morgan fingerprint density at radius 1 is 1.13 bits per heavy atom. The molecular weight excluding hydrogens is 467 g/mol. The van der Waals surface area contributed by atoms with E-state index in [1.807, 2.05) is 45.0 Å². The van der Waals surface area contributed by atoms with Crippen molar-refractivity contribution in [2.45, 2.75) is 51.6 Å². The summed E-state index contributed by atoms with van der Waals surface area (Å²) in [4.78, 5) is 27.3. The fraction of sp³-hybridized carbons (Fsp3) is 0.391. The second-order valence-electron chi connectivity index (χ2n) is 8.15. The van der Waals surface area contributed by atoms with E-state index in [0.29, 0.717) is 17.9 Å². The highest BCUT2D eigenvalue weighted by molar-refractivity contribution is 9.10. The summed E-state index contributed by atoms with van der Waals surface area (Å²) in [6.07, 6.45) is 0. The number of benzene rings is 2. The SMILES string of the molecule is C[C@H](C(=O)NC(C)(C)C)N(Cc1ccc(Br)cc1)C(=O)CSCc1ccccc1F. The molecule has 0 unspecified atom stereocenters. The van der Waals surface area contributed by atoms with Gasteiger partial charge >= 0.3 is 0 Å². The summed E-state index contributed by atoms with van der Waals surface area (Å²) in [5.41, 5.74) is 1.10. The zero-order chi connectivity index (χ0) is 22.3. The van der Waals surface area contributed by atoms with Crippen LogP contribution in [0.2, 0.25) is 0 Å². The van der Waals surface area contributed by atoms with Crippen LogP contribution >= 0.6 is 27.7 Å². The van der Waals surface area contributed by atoms with Crippen molar-refractivity contribution < 1.29 is 14.0 Å². The summed E-state index contributed by atoms with van der Waals surface area (Å²) in [7, 11) is 0. The second kappa shape index (κ2) is 11.0. The summed E-state index contributed by atoms with van der Waals surface area (Å²) < 4.78 is 14.8. The molecule has 2 rings (SSSR count). The molecule has 0 bridgehead atoms. The van der Waals surface area contributed by atoms with Crippen molar-refractivity contribution in [1.82, 2.24) is 10.2 Å². The maximum atomic E-state index is 13.8. The van der Waals surface area contributed by atoms with Crippen molar-refractivity contribution in [1.29, 1.82) is 0 Å². The van der Waals surface area contributed by atoms with E-state index in [1.54, 1.807) is 30.0 Å². The topological polar surface area (TPSA) is 49.4 Å². The first-order valence-electron chi connectivity index (χ1n) is 9.74. The number of amides is 2. The van der Waals surface area contributed by atoms with Crippen LogP contribution in [0, 0.1) is 5.82 Å². The molecule has 0 aromatic heterocycles. The third kappa shape index (κ3) is 7.76. The largest absolute Gasteiger partial charge is 0.350 e. The van der Waals surface area contributed by atoms with E-state index in [1.165, 1.54) is 17.8 Å². The first kappa shape index (κ1) is 24.4. The van der Waals surface area contributed by atoms with Crippen LogP contribution in [0.3, 0.4) is 0 Å². The minimum absolute atomic E-state index is 0.157. The summed E-state index contributed by atoms with van der Waals surface area (Å²) in [6.45, 7) is 7.78. The quantitative estimate of drug-likeness (QED) is 0.551. The Hall–Kier alpha value is -1.86. The lowest BCUT2D eigenvalue weighted by Gasteiger charge is -2.31. The van der Waals surface area contributed by atoms with E-state index in [4.69, 9.17) is 0 Å². The fourth-order valence-corrected chi connectivity index (χ4v) is 3.95. The predicted molar refractivity (Wildman–Crippen MR) is 125 cm³/mol. The summed E-state index contributed by atoms with van der Waals surface area (Å²) in [5.74, 6) is -0.0737. The molecule has 1 N–H and O–H groups in total. The highest BCUT2D eigenvalue weighted by atomic mass is 79.9. The average molecular weight is 495 g/mol. The number of nitrogens with one attached hydrogen (secondary N) is 1. The molecule has 2 amide bonds. The van der Waals surface area contributed by atoms with E-state index >= 15 is 0 Å². The third-order valence-corrected chi connectivity index (χ3v) is 5.87. The van der Waals surface area contributed by atoms with E-state index in [2.05, 4.69) is 21.2 Å². The predicted octanol–water partition coefficient (Wildman–Crippen LogP) is 5.15. The molecule has 0 aliphatic heterocycles. The molecule has 2 aromatic carbocycles. The van der Waals surface area contributed by atoms with Gasteiger partial charge < -0.3 is 10.2 Å². The molecule has 0 spiro atoms. The molecule has 1 atom stereocenters. The van der Waals surface area contributed by atoms with Crippen LogP contribution in [0.25, 0.3) is 0 Å². The first-order chi connectivity index (χ1) is 14.1. The van der Waals surface area contributed by atoms with E-state index in [-0.39, 0.29) is 23.4 Å². The number of carbonyl (C=O) groups excluding carboxylic acids is 2. The normalized spacial score (nSPS) is 12.3. The monoisotopic (exact) mass is 494 g/mol. The van der Waals surface area contributed by atoms with Crippen molar-refractivity contribution in [2.75, 3.05) is 5.75 Å². The van der Waals surface area contributed by atoms with Gasteiger partial charge in [0.1, 0.15) is 11.9 Å². The van der Waals surface area contributed by atoms with Gasteiger partial charge in [-0.25, -0.2) is 4.39 Å². The standard InChI is InChI=1S/C23H28BrFN2O2S/c1-16(22(29)26-23(2,3)4)27(13-17-9-11-19(24)12-10-17)21(28)15-30-14-18-7-5-6-8-20(18)25/h5-12,16H,13-15H2,1-4H3,(H,26,29)/t16-/m1/s1. The lowest BCUT2D eigenvalue weighted by atomic mass is 10.1. The number of hydrogen-bond donors (Lipinski definition) is 1. The molecule has 0 saturated heterocycles. The number of thioether (sulfide) groups is 1. The Bertz CT molecular complexity index is 868. The molecule has 7 heteroatoms. The van der Waals surface area contributed by atoms with Crippen LogP contribution < -0.4 is 5.32 Å². The molecule has 4 nitrogen and oxygen atoms in total. The van der Waals surface area contributed by atoms with Crippen LogP contribution in [0.5, 0.6) is 0 Å². The van der Waals surface area contributed by atoms with Crippen LogP contribution in [-0.2, 0) is 21.9 Å². The van der Waals surface area contributed by atoms with E-state index in [9.17, 15) is 14.0 Å². The van der Waals surface area contributed by atoms with Crippen LogP contribution in [-0.4, -0.2) is 34.0 Å². The van der Waals surface area contributed by atoms with Crippen LogP contribution in [0.15, 0.2) is 53.0 Å². The molecule has 0 aliphatic rings. The Morgan fingerprint density at radius 3 is 2.37 bits per heavy atom. The highest BCUT2D eigenvalue weighted by Crippen LogP contribution is 2.19. The highest BCUT2D eigenvalue weighted by Gasteiger charge is 2.28. The minimum atomic E-state index is -0.630. The van der Waals surface area contributed by atoms with Gasteiger partial charge in [-0.2, -0.15) is 0 Å². The van der Waals surface area contributed by atoms with Crippen molar-refractivity contribution in [2.24, 2.45) is 0 Å². The number of hydrogen-bond acceptors (Lipinski definition) is 3. The van der Waals surface area contributed by atoms with Gasteiger partial charge in [0.25, 0.3) is 0 Å². The smallest absolute Gasteiger partial charge is 0.242 e. The van der Waals surface area contributed by atoms with Crippen molar-refractivity contribution in [3.05, 3.63) is 69.9 Å². The van der Waals surface area contributed by atoms with Gasteiger partial charge in [-0.1, -0.05) is 46.3 Å². The molecule has 162 valence electrons. The summed E-state index contributed by atoms with van der Waals surface area (Å²) >= 11 is 4.75. The molecule has 0 fully saturated rings. The van der Waals surface area contributed by atoms with Gasteiger partial charge in [0, 0.05) is 22.3 Å². The minimum Gasteiger partial charge on any atom is -0.350 e. The number of nitrogens with zero attached hydrogens (tertiary/aromatic N) is 1. The maximum absolute atomic E-state index is 13.8. The zero-order valence-corrected chi connectivity index (χ0v) is 20.1. The van der Waals surface area contributed by atoms with Gasteiger partial charge in [-0.3, -0.25) is 9.59 Å². The van der Waals surface area contributed by atoms with Gasteiger partial charge in [0.15, 0.2) is 0 Å². The maximum Gasteiger partial charge on any atom is 0.242 e. The number of rotatable bonds is 8. The van der Waals surface area contributed by atoms with Crippen molar-refractivity contribution in [3.63, 3.8) is 0 Å². The second-order valence-corrected chi connectivity index (χ2v) is 10.0. The lowest BCUT2D eigenvalue weighted by Crippen LogP contribution is -2.52. The molecule has 30 heavy (non-hydrogen) atoms. The number of carbonyl (C=O) groups is 2. The third-order valence-electron chi connectivity index (χ3n) is 4.37. The van der Waals surface area contributed by atoms with Gasteiger partial charge in [-0.05, 0) is 57.0 Å². The Morgan fingerprint density at radius 2 is 1.77 bits per heavy atom. The number of halogens is 2. The first-order valence-corrected chi connectivity index (χ1v) is 11.7. The van der Waals surface area contributed by atoms with Crippen molar-refractivity contribution >= 4 is 39.5 Å². The van der Waals surface area contributed by atoms with Gasteiger partial charge in [0.2, 0.25) is 11.8 Å². The molecule has 0 saturated carbocycles. The molecule has 0 radical (unpaired) electrons. The summed E-state index contributed by atoms with van der Waals surface area (Å²) in [5, 5.41) is 2.94. The fourth-order valence-electron chi connectivity index (χ4n) is 2.79. The Kier molecular flexibility index (Phi) is 8.92. The van der Waals surface area contributed by atoms with Crippen LogP contribution in [0.4, 0.5) is 4.39 Å². The Labute approximate surface area is 190 Å².